The lowest BCUT2D eigenvalue weighted by Crippen LogP contribution is -2.39. The molecular weight excluding hydrogens is 274 g/mol. The van der Waals surface area contributed by atoms with E-state index in [2.05, 4.69) is 15.0 Å². The fraction of sp³-hybridized carbons (Fsp3) is 0.615. The highest BCUT2D eigenvalue weighted by Crippen LogP contribution is 2.41. The molecule has 3 rings (SSSR count). The zero-order chi connectivity index (χ0) is 15.4. The molecule has 1 aliphatic rings. The summed E-state index contributed by atoms with van der Waals surface area (Å²) in [6, 6.07) is -0.421. The number of hydrogen-bond acceptors (Lipinski definition) is 7. The number of fused-ring (bicyclic) bond motifs is 1. The SMILES string of the molecule is CC(C)(O)[C@H]1C[C@@H](n2cnc3c(N)ncnc32)[C@H](O)[C@@H]1O. The van der Waals surface area contributed by atoms with Crippen LogP contribution in [0.3, 0.4) is 0 Å². The van der Waals surface area contributed by atoms with Crippen LogP contribution in [0.1, 0.15) is 26.3 Å². The summed E-state index contributed by atoms with van der Waals surface area (Å²) in [7, 11) is 0. The van der Waals surface area contributed by atoms with Gasteiger partial charge >= 0.3 is 0 Å². The van der Waals surface area contributed by atoms with Gasteiger partial charge in [0.05, 0.1) is 24.1 Å². The highest BCUT2D eigenvalue weighted by Gasteiger charge is 2.48. The number of hydrogen-bond donors (Lipinski definition) is 4. The van der Waals surface area contributed by atoms with E-state index in [1.165, 1.54) is 12.7 Å². The molecule has 2 heterocycles. The first-order valence-corrected chi connectivity index (χ1v) is 6.82. The van der Waals surface area contributed by atoms with Crippen LogP contribution in [0, 0.1) is 5.92 Å². The molecule has 21 heavy (non-hydrogen) atoms. The minimum Gasteiger partial charge on any atom is -0.390 e. The molecule has 5 N–H and O–H groups in total. The summed E-state index contributed by atoms with van der Waals surface area (Å²) < 4.78 is 1.69. The predicted octanol–water partition coefficient (Wildman–Crippen LogP) is -0.538. The van der Waals surface area contributed by atoms with Crippen LogP contribution in [0.4, 0.5) is 5.82 Å². The molecule has 0 unspecified atom stereocenters. The van der Waals surface area contributed by atoms with Gasteiger partial charge in [0.1, 0.15) is 17.9 Å². The summed E-state index contributed by atoms with van der Waals surface area (Å²) in [5, 5.41) is 30.6. The standard InChI is InChI=1S/C13H19N5O3/c1-13(2,21)6-3-7(10(20)9(6)19)18-5-17-8-11(14)15-4-16-12(8)18/h4-7,9-10,19-21H,3H2,1-2H3,(H2,14,15,16)/t6-,7+,9+,10-/m0/s1. The average molecular weight is 293 g/mol. The maximum Gasteiger partial charge on any atom is 0.165 e. The van der Waals surface area contributed by atoms with Crippen molar-refractivity contribution in [2.45, 2.75) is 44.1 Å². The van der Waals surface area contributed by atoms with Crippen LogP contribution in [0.5, 0.6) is 0 Å². The minimum atomic E-state index is -1.08. The van der Waals surface area contributed by atoms with Gasteiger partial charge in [-0.25, -0.2) is 15.0 Å². The fourth-order valence-corrected chi connectivity index (χ4v) is 3.10. The summed E-state index contributed by atoms with van der Waals surface area (Å²) in [6.07, 6.45) is 1.27. The average Bonchev–Trinajstić information content (AvgIpc) is 2.93. The van der Waals surface area contributed by atoms with Crippen molar-refractivity contribution in [3.8, 4) is 0 Å². The first kappa shape index (κ1) is 14.2. The molecule has 2 aromatic rings. The van der Waals surface area contributed by atoms with Crippen molar-refractivity contribution in [3.63, 3.8) is 0 Å². The van der Waals surface area contributed by atoms with Crippen LogP contribution in [0.25, 0.3) is 11.2 Å². The van der Waals surface area contributed by atoms with E-state index in [4.69, 9.17) is 5.73 Å². The number of nitrogens with zero attached hydrogens (tertiary/aromatic N) is 4. The van der Waals surface area contributed by atoms with Gasteiger partial charge in [-0.15, -0.1) is 0 Å². The Morgan fingerprint density at radius 2 is 1.95 bits per heavy atom. The van der Waals surface area contributed by atoms with E-state index in [1.54, 1.807) is 18.4 Å². The third-order valence-corrected chi connectivity index (χ3v) is 4.30. The van der Waals surface area contributed by atoms with Gasteiger partial charge in [-0.3, -0.25) is 0 Å². The Morgan fingerprint density at radius 1 is 1.24 bits per heavy atom. The first-order chi connectivity index (χ1) is 9.80. The Bertz CT molecular complexity index is 665. The van der Waals surface area contributed by atoms with E-state index >= 15 is 0 Å². The summed E-state index contributed by atoms with van der Waals surface area (Å²) in [6.45, 7) is 3.25. The van der Waals surface area contributed by atoms with Gasteiger partial charge < -0.3 is 25.6 Å². The van der Waals surface area contributed by atoms with Crippen LogP contribution < -0.4 is 5.73 Å². The molecular formula is C13H19N5O3. The lowest BCUT2D eigenvalue weighted by Gasteiger charge is -2.28. The molecule has 0 radical (unpaired) electrons. The van der Waals surface area contributed by atoms with Gasteiger partial charge in [-0.2, -0.15) is 0 Å². The molecule has 1 saturated carbocycles. The Kier molecular flexibility index (Phi) is 3.12. The summed E-state index contributed by atoms with van der Waals surface area (Å²) in [4.78, 5) is 12.2. The highest BCUT2D eigenvalue weighted by molar-refractivity contribution is 5.81. The van der Waals surface area contributed by atoms with Crippen molar-refractivity contribution in [1.82, 2.24) is 19.5 Å². The molecule has 0 spiro atoms. The van der Waals surface area contributed by atoms with Gasteiger partial charge in [-0.05, 0) is 20.3 Å². The van der Waals surface area contributed by atoms with Crippen LogP contribution in [0.15, 0.2) is 12.7 Å². The molecule has 114 valence electrons. The van der Waals surface area contributed by atoms with Crippen molar-refractivity contribution in [3.05, 3.63) is 12.7 Å². The second-order valence-corrected chi connectivity index (χ2v) is 6.13. The zero-order valence-corrected chi connectivity index (χ0v) is 11.9. The molecule has 4 atom stereocenters. The van der Waals surface area contributed by atoms with E-state index < -0.39 is 29.8 Å². The molecule has 2 aromatic heterocycles. The number of imidazole rings is 1. The molecule has 1 aliphatic carbocycles. The van der Waals surface area contributed by atoms with Crippen LogP contribution in [-0.2, 0) is 0 Å². The number of nitrogen functional groups attached to an aromatic ring is 1. The van der Waals surface area contributed by atoms with Crippen molar-refractivity contribution < 1.29 is 15.3 Å². The highest BCUT2D eigenvalue weighted by atomic mass is 16.3. The van der Waals surface area contributed by atoms with Crippen LogP contribution >= 0.6 is 0 Å². The second-order valence-electron chi connectivity index (χ2n) is 6.13. The van der Waals surface area contributed by atoms with Crippen molar-refractivity contribution in [1.29, 1.82) is 0 Å². The maximum atomic E-state index is 10.3. The molecule has 8 nitrogen and oxygen atoms in total. The third kappa shape index (κ3) is 2.15. The molecule has 0 aromatic carbocycles. The maximum absolute atomic E-state index is 10.3. The number of aliphatic hydroxyl groups excluding tert-OH is 2. The summed E-state index contributed by atoms with van der Waals surface area (Å²) in [5.74, 6) is -0.167. The molecule has 0 amide bonds. The molecule has 0 aliphatic heterocycles. The molecule has 8 heteroatoms. The van der Waals surface area contributed by atoms with Crippen molar-refractivity contribution in [2.75, 3.05) is 5.73 Å². The molecule has 0 saturated heterocycles. The zero-order valence-electron chi connectivity index (χ0n) is 11.9. The van der Waals surface area contributed by atoms with E-state index in [-0.39, 0.29) is 5.82 Å². The van der Waals surface area contributed by atoms with E-state index in [0.717, 1.165) is 0 Å². The smallest absolute Gasteiger partial charge is 0.165 e. The molecule has 0 bridgehead atoms. The molecule has 1 fully saturated rings. The van der Waals surface area contributed by atoms with E-state index in [0.29, 0.717) is 17.6 Å². The van der Waals surface area contributed by atoms with E-state index in [9.17, 15) is 15.3 Å². The minimum absolute atomic E-state index is 0.269. The van der Waals surface area contributed by atoms with Crippen LogP contribution in [-0.4, -0.2) is 52.6 Å². The number of nitrogens with two attached hydrogens (primary N) is 1. The second kappa shape index (κ2) is 4.62. The fourth-order valence-electron chi connectivity index (χ4n) is 3.10. The number of aliphatic hydroxyl groups is 3. The lowest BCUT2D eigenvalue weighted by atomic mass is 9.88. The van der Waals surface area contributed by atoms with Gasteiger partial charge in [0.25, 0.3) is 0 Å². The monoisotopic (exact) mass is 293 g/mol. The summed E-state index contributed by atoms with van der Waals surface area (Å²) in [5.41, 5.74) is 5.64. The number of rotatable bonds is 2. The van der Waals surface area contributed by atoms with Crippen molar-refractivity contribution in [2.24, 2.45) is 5.92 Å². The Labute approximate surface area is 121 Å². The Morgan fingerprint density at radius 3 is 2.57 bits per heavy atom. The lowest BCUT2D eigenvalue weighted by molar-refractivity contribution is -0.0615. The van der Waals surface area contributed by atoms with Crippen LogP contribution in [0.2, 0.25) is 0 Å². The predicted molar refractivity (Wildman–Crippen MR) is 75.2 cm³/mol. The number of aromatic nitrogens is 4. The number of anilines is 1. The topological polar surface area (TPSA) is 130 Å². The van der Waals surface area contributed by atoms with Gasteiger partial charge in [0.15, 0.2) is 11.5 Å². The van der Waals surface area contributed by atoms with E-state index in [1.807, 2.05) is 0 Å². The van der Waals surface area contributed by atoms with Gasteiger partial charge in [0.2, 0.25) is 0 Å². The largest absolute Gasteiger partial charge is 0.390 e. The van der Waals surface area contributed by atoms with Gasteiger partial charge in [-0.1, -0.05) is 0 Å². The van der Waals surface area contributed by atoms with Gasteiger partial charge in [0, 0.05) is 5.92 Å². The first-order valence-electron chi connectivity index (χ1n) is 6.82. The third-order valence-electron chi connectivity index (χ3n) is 4.30. The normalized spacial score (nSPS) is 30.1. The summed E-state index contributed by atoms with van der Waals surface area (Å²) >= 11 is 0. The Balaban J connectivity index is 2.02. The van der Waals surface area contributed by atoms with Crippen molar-refractivity contribution >= 4 is 17.0 Å². The quantitative estimate of drug-likeness (QED) is 0.585. The Hall–Kier alpha value is -1.77.